The van der Waals surface area contributed by atoms with Crippen molar-refractivity contribution in [1.82, 2.24) is 9.88 Å². The Morgan fingerprint density at radius 3 is 2.72 bits per heavy atom. The van der Waals surface area contributed by atoms with Crippen LogP contribution in [0.5, 0.6) is 5.75 Å². The van der Waals surface area contributed by atoms with Crippen LogP contribution in [0, 0.1) is 5.82 Å². The number of aromatic nitrogens is 1. The number of aromatic amines is 1. The summed E-state index contributed by atoms with van der Waals surface area (Å²) in [5.74, 6) is 0.216. The molecule has 1 amide bonds. The van der Waals surface area contributed by atoms with Gasteiger partial charge in [-0.05, 0) is 41.5 Å². The summed E-state index contributed by atoms with van der Waals surface area (Å²) in [6.45, 7) is 0.899. The number of rotatable bonds is 2. The number of nitrogens with one attached hydrogen (secondary N) is 1. The zero-order valence-corrected chi connectivity index (χ0v) is 15.7. The molecule has 2 aromatic carbocycles. The molecule has 29 heavy (non-hydrogen) atoms. The second-order valence-electron chi connectivity index (χ2n) is 7.67. The molecule has 0 aliphatic carbocycles. The first-order valence-electron chi connectivity index (χ1n) is 9.58. The van der Waals surface area contributed by atoms with Gasteiger partial charge >= 0.3 is 0 Å². The molecule has 5 nitrogen and oxygen atoms in total. The Balaban J connectivity index is 1.34. The molecular weight excluding hydrogens is 371 g/mol. The second kappa shape index (κ2) is 6.58. The van der Waals surface area contributed by atoms with Crippen molar-refractivity contribution >= 4 is 11.7 Å². The van der Waals surface area contributed by atoms with E-state index in [4.69, 9.17) is 4.74 Å². The summed E-state index contributed by atoms with van der Waals surface area (Å²) >= 11 is 0. The molecule has 0 saturated carbocycles. The van der Waals surface area contributed by atoms with Gasteiger partial charge in [-0.2, -0.15) is 0 Å². The Bertz CT molecular complexity index is 1110. The van der Waals surface area contributed by atoms with Crippen molar-refractivity contribution in [2.45, 2.75) is 18.4 Å². The van der Waals surface area contributed by atoms with E-state index in [1.165, 1.54) is 12.1 Å². The third-order valence-corrected chi connectivity index (χ3v) is 5.69. The molecule has 0 radical (unpaired) electrons. The van der Waals surface area contributed by atoms with Crippen LogP contribution in [0.4, 0.5) is 4.39 Å². The lowest BCUT2D eigenvalue weighted by Crippen LogP contribution is -2.45. The summed E-state index contributed by atoms with van der Waals surface area (Å²) in [5, 5.41) is 0. The molecule has 2 aliphatic rings. The molecular formula is C23H19FN2O3. The van der Waals surface area contributed by atoms with Gasteiger partial charge in [0.25, 0.3) is 5.91 Å². The Labute approximate surface area is 167 Å². The summed E-state index contributed by atoms with van der Waals surface area (Å²) < 4.78 is 19.3. The van der Waals surface area contributed by atoms with Gasteiger partial charge in [0.05, 0.1) is 18.5 Å². The van der Waals surface area contributed by atoms with Gasteiger partial charge in [0.1, 0.15) is 22.9 Å². The van der Waals surface area contributed by atoms with Gasteiger partial charge in [-0.3, -0.25) is 9.59 Å². The number of likely N-dealkylation sites (tertiary alicyclic amines) is 1. The lowest BCUT2D eigenvalue weighted by atomic mass is 9.89. The molecule has 1 saturated heterocycles. The van der Waals surface area contributed by atoms with Crippen molar-refractivity contribution < 1.29 is 18.7 Å². The number of ether oxygens (including phenoxy) is 1. The minimum Gasteiger partial charge on any atom is -0.484 e. The van der Waals surface area contributed by atoms with Crippen LogP contribution in [0.2, 0.25) is 0 Å². The third-order valence-electron chi connectivity index (χ3n) is 5.69. The number of nitrogens with zero attached hydrogens (tertiary/aromatic N) is 1. The van der Waals surface area contributed by atoms with Crippen LogP contribution in [-0.2, 0) is 0 Å². The van der Waals surface area contributed by atoms with Crippen molar-refractivity contribution in [3.63, 3.8) is 0 Å². The summed E-state index contributed by atoms with van der Waals surface area (Å²) in [4.78, 5) is 30.3. The van der Waals surface area contributed by atoms with E-state index in [9.17, 15) is 14.0 Å². The number of halogens is 1. The largest absolute Gasteiger partial charge is 0.484 e. The first kappa shape index (κ1) is 17.7. The Hall–Kier alpha value is -3.41. The number of carbonyl (C=O) groups is 2. The third kappa shape index (κ3) is 3.10. The number of benzene rings is 2. The highest BCUT2D eigenvalue weighted by Gasteiger charge is 2.47. The molecule has 1 N–H and O–H groups in total. The van der Waals surface area contributed by atoms with E-state index in [-0.39, 0.29) is 23.9 Å². The maximum Gasteiger partial charge on any atom is 0.270 e. The number of para-hydroxylation sites is 1. The Morgan fingerprint density at radius 1 is 1.10 bits per heavy atom. The smallest absolute Gasteiger partial charge is 0.270 e. The van der Waals surface area contributed by atoms with Gasteiger partial charge in [-0.1, -0.05) is 24.3 Å². The van der Waals surface area contributed by atoms with Crippen LogP contribution >= 0.6 is 0 Å². The molecule has 1 atom stereocenters. The van der Waals surface area contributed by atoms with Crippen LogP contribution in [0.15, 0.2) is 60.8 Å². The van der Waals surface area contributed by atoms with Crippen molar-refractivity contribution in [3.05, 3.63) is 77.9 Å². The van der Waals surface area contributed by atoms with E-state index >= 15 is 0 Å². The van der Waals surface area contributed by atoms with Gasteiger partial charge in [-0.15, -0.1) is 0 Å². The van der Waals surface area contributed by atoms with E-state index in [1.54, 1.807) is 41.4 Å². The average molecular weight is 390 g/mol. The predicted molar refractivity (Wildman–Crippen MR) is 105 cm³/mol. The Kier molecular flexibility index (Phi) is 4.01. The van der Waals surface area contributed by atoms with Crippen LogP contribution in [-0.4, -0.2) is 40.3 Å². The molecule has 1 fully saturated rings. The maximum absolute atomic E-state index is 13.1. The fourth-order valence-electron chi connectivity index (χ4n) is 4.19. The molecule has 0 bridgehead atoms. The number of Topliss-reactive ketones (excluding diaryl/α,β-unsaturated/α-hetero) is 1. The summed E-state index contributed by atoms with van der Waals surface area (Å²) in [6, 6.07) is 15.2. The van der Waals surface area contributed by atoms with Gasteiger partial charge in [-0.25, -0.2) is 4.39 Å². The quantitative estimate of drug-likeness (QED) is 0.718. The van der Waals surface area contributed by atoms with E-state index in [1.807, 2.05) is 12.1 Å². The van der Waals surface area contributed by atoms with E-state index < -0.39 is 5.60 Å². The zero-order chi connectivity index (χ0) is 20.0. The molecule has 3 aromatic rings. The summed E-state index contributed by atoms with van der Waals surface area (Å²) in [6.07, 6.45) is 2.63. The first-order chi connectivity index (χ1) is 14.0. The van der Waals surface area contributed by atoms with Crippen molar-refractivity contribution in [2.75, 3.05) is 13.1 Å². The highest BCUT2D eigenvalue weighted by atomic mass is 19.1. The summed E-state index contributed by atoms with van der Waals surface area (Å²) in [7, 11) is 0. The number of hydrogen-bond donors (Lipinski definition) is 1. The molecule has 1 aromatic heterocycles. The minimum absolute atomic E-state index is 0.0552. The number of hydrogen-bond acceptors (Lipinski definition) is 3. The highest BCUT2D eigenvalue weighted by Crippen LogP contribution is 2.39. The second-order valence-corrected chi connectivity index (χ2v) is 7.67. The first-order valence-corrected chi connectivity index (χ1v) is 9.58. The number of ketones is 1. The minimum atomic E-state index is -0.659. The lowest BCUT2D eigenvalue weighted by molar-refractivity contribution is 0.0427. The molecule has 6 heteroatoms. The maximum atomic E-state index is 13.1. The van der Waals surface area contributed by atoms with Crippen molar-refractivity contribution in [1.29, 1.82) is 0 Å². The molecule has 146 valence electrons. The van der Waals surface area contributed by atoms with E-state index in [2.05, 4.69) is 4.98 Å². The molecule has 2 aliphatic heterocycles. The van der Waals surface area contributed by atoms with Crippen LogP contribution in [0.3, 0.4) is 0 Å². The Morgan fingerprint density at radius 2 is 1.90 bits per heavy atom. The van der Waals surface area contributed by atoms with Gasteiger partial charge in [0, 0.05) is 19.2 Å². The number of H-pyrrole nitrogens is 1. The number of carbonyl (C=O) groups excluding carboxylic acids is 2. The van der Waals surface area contributed by atoms with Gasteiger partial charge in [0.15, 0.2) is 5.78 Å². The number of amides is 1. The fraction of sp³-hybridized carbons (Fsp3) is 0.217. The topological polar surface area (TPSA) is 62.4 Å². The molecule has 5 rings (SSSR count). The van der Waals surface area contributed by atoms with E-state index in [0.29, 0.717) is 36.5 Å². The van der Waals surface area contributed by atoms with Crippen LogP contribution < -0.4 is 4.74 Å². The predicted octanol–water partition coefficient (Wildman–Crippen LogP) is 4.07. The zero-order valence-electron chi connectivity index (χ0n) is 15.7. The normalized spacial score (nSPS) is 20.6. The fourth-order valence-corrected chi connectivity index (χ4v) is 4.19. The summed E-state index contributed by atoms with van der Waals surface area (Å²) in [5.41, 5.74) is 2.06. The molecule has 3 heterocycles. The highest BCUT2D eigenvalue weighted by molar-refractivity contribution is 6.00. The van der Waals surface area contributed by atoms with Crippen LogP contribution in [0.1, 0.15) is 33.7 Å². The lowest BCUT2D eigenvalue weighted by Gasteiger charge is -2.34. The monoisotopic (exact) mass is 390 g/mol. The molecule has 1 spiro atoms. The van der Waals surface area contributed by atoms with Crippen molar-refractivity contribution in [3.8, 4) is 16.9 Å². The SMILES string of the molecule is O=C1CC2(CCN(C(=O)c3cc(-c4ccc(F)cc4)c[nH]3)C2)Oc2ccccc21. The van der Waals surface area contributed by atoms with E-state index in [0.717, 1.165) is 11.1 Å². The average Bonchev–Trinajstić information content (AvgIpc) is 3.36. The number of fused-ring (bicyclic) bond motifs is 1. The van der Waals surface area contributed by atoms with Crippen LogP contribution in [0.25, 0.3) is 11.1 Å². The standard InChI is InChI=1S/C23H19FN2O3/c24-17-7-5-15(6-8-17)16-11-19(25-13-16)22(28)26-10-9-23(14-26)12-20(27)18-3-1-2-4-21(18)29-23/h1-8,11,13,25H,9-10,12,14H2. The van der Waals surface area contributed by atoms with Crippen molar-refractivity contribution in [2.24, 2.45) is 0 Å². The van der Waals surface area contributed by atoms with Gasteiger partial charge in [0.2, 0.25) is 0 Å². The van der Waals surface area contributed by atoms with Gasteiger partial charge < -0.3 is 14.6 Å². The molecule has 1 unspecified atom stereocenters.